The number of rotatable bonds is 8. The first-order valence-corrected chi connectivity index (χ1v) is 9.03. The number of hydrogen-bond donors (Lipinski definition) is 1. The van der Waals surface area contributed by atoms with E-state index >= 15 is 0 Å². The van der Waals surface area contributed by atoms with Crippen molar-refractivity contribution >= 4 is 17.3 Å². The smallest absolute Gasteiger partial charge is 0.276 e. The maximum Gasteiger partial charge on any atom is 0.276 e. The number of nitro benzene ring substituents is 1. The Balaban J connectivity index is 1.83. The largest absolute Gasteiger partial charge is 0.494 e. The zero-order valence-electron chi connectivity index (χ0n) is 16.0. The Morgan fingerprint density at radius 1 is 1.14 bits per heavy atom. The van der Waals surface area contributed by atoms with Crippen LogP contribution >= 0.6 is 0 Å². The Morgan fingerprint density at radius 2 is 1.93 bits per heavy atom. The molecule has 0 aliphatic rings. The quantitative estimate of drug-likeness (QED) is 0.458. The van der Waals surface area contributed by atoms with Gasteiger partial charge in [-0.3, -0.25) is 14.9 Å². The molecule has 0 bridgehead atoms. The van der Waals surface area contributed by atoms with Crippen molar-refractivity contribution in [3.63, 3.8) is 0 Å². The summed E-state index contributed by atoms with van der Waals surface area (Å²) in [5, 5.41) is 17.9. The first-order chi connectivity index (χ1) is 14.0. The predicted molar refractivity (Wildman–Crippen MR) is 107 cm³/mol. The molecule has 1 N–H and O–H groups in total. The van der Waals surface area contributed by atoms with Crippen LogP contribution < -0.4 is 14.8 Å². The van der Waals surface area contributed by atoms with Gasteiger partial charge < -0.3 is 14.8 Å². The van der Waals surface area contributed by atoms with Crippen LogP contribution in [0.15, 0.2) is 54.7 Å². The molecule has 0 saturated heterocycles. The zero-order valence-corrected chi connectivity index (χ0v) is 16.0. The summed E-state index contributed by atoms with van der Waals surface area (Å²) in [7, 11) is 0. The number of hydrogen-bond acceptors (Lipinski definition) is 6. The maximum absolute atomic E-state index is 12.7. The molecule has 9 heteroatoms. The molecular weight excluding hydrogens is 376 g/mol. The Bertz CT molecular complexity index is 1030. The van der Waals surface area contributed by atoms with E-state index in [4.69, 9.17) is 9.47 Å². The molecule has 0 spiro atoms. The lowest BCUT2D eigenvalue weighted by atomic mass is 10.2. The summed E-state index contributed by atoms with van der Waals surface area (Å²) in [5.74, 6) is 0.680. The second-order valence-electron chi connectivity index (χ2n) is 5.90. The third-order valence-electron chi connectivity index (χ3n) is 3.94. The summed E-state index contributed by atoms with van der Waals surface area (Å²) in [5.41, 5.74) is 1.04. The highest BCUT2D eigenvalue weighted by Crippen LogP contribution is 2.30. The summed E-state index contributed by atoms with van der Waals surface area (Å²) in [6.07, 6.45) is 1.56. The van der Waals surface area contributed by atoms with Gasteiger partial charge in [0.15, 0.2) is 5.69 Å². The molecule has 1 heterocycles. The lowest BCUT2D eigenvalue weighted by Gasteiger charge is -2.13. The fraction of sp³-hybridized carbons (Fsp3) is 0.200. The number of amides is 1. The second kappa shape index (κ2) is 8.87. The first kappa shape index (κ1) is 19.9. The van der Waals surface area contributed by atoms with E-state index in [0.29, 0.717) is 36.1 Å². The number of non-ortho nitro benzene ring substituents is 1. The van der Waals surface area contributed by atoms with Gasteiger partial charge in [-0.2, -0.15) is 5.10 Å². The van der Waals surface area contributed by atoms with Crippen molar-refractivity contribution in [3.05, 3.63) is 70.5 Å². The van der Waals surface area contributed by atoms with E-state index in [0.717, 1.165) is 0 Å². The van der Waals surface area contributed by atoms with E-state index in [1.807, 2.05) is 13.8 Å². The number of nitrogens with zero attached hydrogens (tertiary/aromatic N) is 3. The Kier molecular flexibility index (Phi) is 6.08. The Labute approximate surface area is 167 Å². The number of anilines is 1. The maximum atomic E-state index is 12.7. The van der Waals surface area contributed by atoms with Crippen molar-refractivity contribution in [1.29, 1.82) is 0 Å². The lowest BCUT2D eigenvalue weighted by Crippen LogP contribution is -2.14. The molecule has 0 fully saturated rings. The van der Waals surface area contributed by atoms with E-state index in [9.17, 15) is 14.9 Å². The normalized spacial score (nSPS) is 10.4. The molecule has 3 rings (SSSR count). The average Bonchev–Trinajstić information content (AvgIpc) is 3.21. The molecule has 0 atom stereocenters. The van der Waals surface area contributed by atoms with Gasteiger partial charge in [0.1, 0.15) is 11.5 Å². The molecule has 0 aliphatic carbocycles. The van der Waals surface area contributed by atoms with Crippen molar-refractivity contribution < 1.29 is 19.2 Å². The Hall–Kier alpha value is -3.88. The molecule has 3 aromatic rings. The topological polar surface area (TPSA) is 109 Å². The molecular formula is C20H20N4O5. The van der Waals surface area contributed by atoms with Gasteiger partial charge in [-0.25, -0.2) is 4.68 Å². The van der Waals surface area contributed by atoms with Gasteiger partial charge in [-0.05, 0) is 38.1 Å². The monoisotopic (exact) mass is 396 g/mol. The molecule has 150 valence electrons. The molecule has 0 aliphatic heterocycles. The zero-order chi connectivity index (χ0) is 20.8. The van der Waals surface area contributed by atoms with Gasteiger partial charge in [-0.15, -0.1) is 0 Å². The van der Waals surface area contributed by atoms with Crippen LogP contribution in [0, 0.1) is 10.1 Å². The lowest BCUT2D eigenvalue weighted by molar-refractivity contribution is -0.384. The number of carbonyl (C=O) groups is 1. The van der Waals surface area contributed by atoms with Crippen molar-refractivity contribution in [2.75, 3.05) is 18.5 Å². The molecule has 9 nitrogen and oxygen atoms in total. The van der Waals surface area contributed by atoms with Crippen LogP contribution in [0.3, 0.4) is 0 Å². The highest BCUT2D eigenvalue weighted by Gasteiger charge is 2.15. The highest BCUT2D eigenvalue weighted by molar-refractivity contribution is 6.03. The van der Waals surface area contributed by atoms with Crippen molar-refractivity contribution in [2.24, 2.45) is 0 Å². The number of aromatic nitrogens is 2. The second-order valence-corrected chi connectivity index (χ2v) is 5.90. The van der Waals surface area contributed by atoms with Gasteiger partial charge in [0, 0.05) is 24.4 Å². The van der Waals surface area contributed by atoms with Crippen LogP contribution in [-0.4, -0.2) is 33.8 Å². The molecule has 0 saturated carbocycles. The highest BCUT2D eigenvalue weighted by atomic mass is 16.6. The molecule has 29 heavy (non-hydrogen) atoms. The minimum Gasteiger partial charge on any atom is -0.494 e. The number of nitro groups is 1. The van der Waals surface area contributed by atoms with Gasteiger partial charge >= 0.3 is 0 Å². The minimum absolute atomic E-state index is 0.0573. The SMILES string of the molecule is CCOc1ccc(OCC)c(NC(=O)c2ccn(-c3cccc([N+](=O)[O-])c3)n2)c1. The Morgan fingerprint density at radius 3 is 2.66 bits per heavy atom. The summed E-state index contributed by atoms with van der Waals surface area (Å²) < 4.78 is 12.4. The van der Waals surface area contributed by atoms with Crippen LogP contribution in [0.25, 0.3) is 5.69 Å². The summed E-state index contributed by atoms with van der Waals surface area (Å²) in [6.45, 7) is 4.66. The molecule has 1 aromatic heterocycles. The predicted octanol–water partition coefficient (Wildman–Crippen LogP) is 3.83. The number of nitrogens with one attached hydrogen (secondary N) is 1. The fourth-order valence-electron chi connectivity index (χ4n) is 2.67. The third kappa shape index (κ3) is 4.70. The van der Waals surface area contributed by atoms with Crippen LogP contribution in [0.2, 0.25) is 0 Å². The number of carbonyl (C=O) groups excluding carboxylic acids is 1. The van der Waals surface area contributed by atoms with E-state index in [1.165, 1.54) is 22.9 Å². The molecule has 2 aromatic carbocycles. The number of ether oxygens (including phenoxy) is 2. The summed E-state index contributed by atoms with van der Waals surface area (Å²) >= 11 is 0. The van der Waals surface area contributed by atoms with Crippen LogP contribution in [0.1, 0.15) is 24.3 Å². The van der Waals surface area contributed by atoms with Crippen molar-refractivity contribution in [3.8, 4) is 17.2 Å². The van der Waals surface area contributed by atoms with E-state index in [2.05, 4.69) is 10.4 Å². The minimum atomic E-state index is -0.485. The van der Waals surface area contributed by atoms with Gasteiger partial charge in [-0.1, -0.05) is 6.07 Å². The van der Waals surface area contributed by atoms with E-state index < -0.39 is 10.8 Å². The van der Waals surface area contributed by atoms with E-state index in [-0.39, 0.29) is 11.4 Å². The number of benzene rings is 2. The van der Waals surface area contributed by atoms with Gasteiger partial charge in [0.25, 0.3) is 11.6 Å². The fourth-order valence-corrected chi connectivity index (χ4v) is 2.67. The average molecular weight is 396 g/mol. The molecule has 0 radical (unpaired) electrons. The first-order valence-electron chi connectivity index (χ1n) is 9.03. The van der Waals surface area contributed by atoms with Crippen molar-refractivity contribution in [2.45, 2.75) is 13.8 Å². The van der Waals surface area contributed by atoms with Crippen LogP contribution in [-0.2, 0) is 0 Å². The standard InChI is InChI=1S/C20H20N4O5/c1-3-28-16-8-9-19(29-4-2)18(13-16)21-20(25)17-10-11-23(22-17)14-6-5-7-15(12-14)24(26)27/h5-13H,3-4H2,1-2H3,(H,21,25). The third-order valence-corrected chi connectivity index (χ3v) is 3.94. The van der Waals surface area contributed by atoms with Crippen molar-refractivity contribution in [1.82, 2.24) is 9.78 Å². The van der Waals surface area contributed by atoms with Gasteiger partial charge in [0.05, 0.1) is 29.5 Å². The molecule has 1 amide bonds. The van der Waals surface area contributed by atoms with Crippen LogP contribution in [0.4, 0.5) is 11.4 Å². The summed E-state index contributed by atoms with van der Waals surface area (Å²) in [6, 6.07) is 12.7. The summed E-state index contributed by atoms with van der Waals surface area (Å²) in [4.78, 5) is 23.1. The van der Waals surface area contributed by atoms with Gasteiger partial charge in [0.2, 0.25) is 0 Å². The molecule has 0 unspecified atom stereocenters. The van der Waals surface area contributed by atoms with Crippen LogP contribution in [0.5, 0.6) is 11.5 Å². The van der Waals surface area contributed by atoms with E-state index in [1.54, 1.807) is 36.5 Å².